The molecule has 0 aliphatic rings. The molecule has 13 heavy (non-hydrogen) atoms. The van der Waals surface area contributed by atoms with E-state index in [0.29, 0.717) is 6.00 Å². The minimum absolute atomic E-state index is 0.419. The third-order valence-electron chi connectivity index (χ3n) is 1.96. The number of alkyl halides is 1. The lowest BCUT2D eigenvalue weighted by atomic mass is 10.3. The molecule has 0 spiro atoms. The number of hydrogen-bond acceptors (Lipinski definition) is 2. The van der Waals surface area contributed by atoms with E-state index in [9.17, 15) is 0 Å². The molecular weight excluding hydrogens is 188 g/mol. The van der Waals surface area contributed by atoms with E-state index in [1.54, 1.807) is 13.4 Å². The maximum Gasteiger partial charge on any atom is 0.121 e. The first-order valence-electron chi connectivity index (χ1n) is 3.90. The molecule has 1 aromatic heterocycles. The predicted octanol–water partition coefficient (Wildman–Crippen LogP) is 2.24. The van der Waals surface area contributed by atoms with Crippen LogP contribution in [-0.2, 0) is 6.00 Å². The van der Waals surface area contributed by atoms with Crippen LogP contribution in [0.15, 0.2) is 24.5 Å². The number of methoxy groups -OCH3 is 1. The maximum atomic E-state index is 5.71. The Morgan fingerprint density at radius 1 is 1.54 bits per heavy atom. The zero-order chi connectivity index (χ0) is 9.26. The zero-order valence-corrected chi connectivity index (χ0v) is 7.95. The van der Waals surface area contributed by atoms with Crippen molar-refractivity contribution in [2.75, 3.05) is 7.11 Å². The third kappa shape index (κ3) is 1.35. The Balaban J connectivity index is 2.61. The topological polar surface area (TPSA) is 27.1 Å². The molecule has 0 N–H and O–H groups in total. The molecule has 1 aromatic carbocycles. The van der Waals surface area contributed by atoms with Gasteiger partial charge in [0.15, 0.2) is 0 Å². The van der Waals surface area contributed by atoms with Gasteiger partial charge >= 0.3 is 0 Å². The van der Waals surface area contributed by atoms with E-state index in [1.807, 2.05) is 22.8 Å². The quantitative estimate of drug-likeness (QED) is 0.689. The largest absolute Gasteiger partial charge is 0.497 e. The smallest absolute Gasteiger partial charge is 0.121 e. The summed E-state index contributed by atoms with van der Waals surface area (Å²) < 4.78 is 6.95. The van der Waals surface area contributed by atoms with Crippen LogP contribution in [0.3, 0.4) is 0 Å². The number of fused-ring (bicyclic) bond motifs is 1. The number of rotatable bonds is 2. The van der Waals surface area contributed by atoms with Crippen LogP contribution in [0, 0.1) is 0 Å². The standard InChI is InChI=1S/C9H9ClN2O/c1-13-7-2-3-9-8(4-7)11-6-12(9)5-10/h2-4,6H,5H2,1H3. The number of aromatic nitrogens is 2. The molecule has 2 aromatic rings. The van der Waals surface area contributed by atoms with Crippen molar-refractivity contribution in [3.8, 4) is 5.75 Å². The van der Waals surface area contributed by atoms with Crippen molar-refractivity contribution >= 4 is 22.6 Å². The second kappa shape index (κ2) is 3.26. The van der Waals surface area contributed by atoms with E-state index in [2.05, 4.69) is 4.98 Å². The third-order valence-corrected chi connectivity index (χ3v) is 2.21. The normalized spacial score (nSPS) is 10.6. The monoisotopic (exact) mass is 196 g/mol. The van der Waals surface area contributed by atoms with Gasteiger partial charge in [0.05, 0.1) is 30.5 Å². The minimum Gasteiger partial charge on any atom is -0.497 e. The zero-order valence-electron chi connectivity index (χ0n) is 7.20. The fraction of sp³-hybridized carbons (Fsp3) is 0.222. The van der Waals surface area contributed by atoms with Crippen LogP contribution in [0.1, 0.15) is 0 Å². The predicted molar refractivity (Wildman–Crippen MR) is 52.1 cm³/mol. The van der Waals surface area contributed by atoms with E-state index in [0.717, 1.165) is 16.8 Å². The Morgan fingerprint density at radius 3 is 3.08 bits per heavy atom. The molecule has 0 aliphatic heterocycles. The minimum atomic E-state index is 0.419. The van der Waals surface area contributed by atoms with Gasteiger partial charge in [-0.15, -0.1) is 11.6 Å². The summed E-state index contributed by atoms with van der Waals surface area (Å²) >= 11 is 5.71. The molecule has 0 fully saturated rings. The number of ether oxygens (including phenoxy) is 1. The Hall–Kier alpha value is -1.22. The summed E-state index contributed by atoms with van der Waals surface area (Å²) in [5.41, 5.74) is 1.93. The van der Waals surface area contributed by atoms with Crippen molar-refractivity contribution in [1.29, 1.82) is 0 Å². The van der Waals surface area contributed by atoms with Gasteiger partial charge in [-0.25, -0.2) is 4.98 Å². The van der Waals surface area contributed by atoms with Gasteiger partial charge in [0.1, 0.15) is 5.75 Å². The highest BCUT2D eigenvalue weighted by Crippen LogP contribution is 2.19. The molecule has 0 amide bonds. The lowest BCUT2D eigenvalue weighted by Crippen LogP contribution is -1.88. The summed E-state index contributed by atoms with van der Waals surface area (Å²) in [5, 5.41) is 0. The lowest BCUT2D eigenvalue weighted by Gasteiger charge is -1.99. The first kappa shape index (κ1) is 8.38. The van der Waals surface area contributed by atoms with Crippen LogP contribution in [0.4, 0.5) is 0 Å². The van der Waals surface area contributed by atoms with Crippen LogP contribution < -0.4 is 4.74 Å². The molecule has 2 rings (SSSR count). The van der Waals surface area contributed by atoms with Gasteiger partial charge in [-0.1, -0.05) is 0 Å². The second-order valence-corrected chi connectivity index (χ2v) is 2.93. The molecule has 4 heteroatoms. The van der Waals surface area contributed by atoms with Crippen LogP contribution >= 0.6 is 11.6 Å². The van der Waals surface area contributed by atoms with Gasteiger partial charge in [0.25, 0.3) is 0 Å². The molecule has 0 saturated heterocycles. The molecule has 0 bridgehead atoms. The van der Waals surface area contributed by atoms with E-state index in [1.165, 1.54) is 0 Å². The van der Waals surface area contributed by atoms with Crippen molar-refractivity contribution in [3.63, 3.8) is 0 Å². The van der Waals surface area contributed by atoms with E-state index in [4.69, 9.17) is 16.3 Å². The van der Waals surface area contributed by atoms with Gasteiger partial charge in [-0.3, -0.25) is 0 Å². The van der Waals surface area contributed by atoms with E-state index < -0.39 is 0 Å². The highest BCUT2D eigenvalue weighted by atomic mass is 35.5. The van der Waals surface area contributed by atoms with Crippen molar-refractivity contribution in [2.45, 2.75) is 6.00 Å². The summed E-state index contributed by atoms with van der Waals surface area (Å²) in [6, 6.07) is 6.15. The van der Waals surface area contributed by atoms with Crippen LogP contribution in [0.25, 0.3) is 11.0 Å². The molecule has 0 unspecified atom stereocenters. The van der Waals surface area contributed by atoms with Crippen LogP contribution in [-0.4, -0.2) is 16.7 Å². The summed E-state index contributed by atoms with van der Waals surface area (Å²) in [6.45, 7) is 0. The molecule has 68 valence electrons. The fourth-order valence-electron chi connectivity index (χ4n) is 1.27. The summed E-state index contributed by atoms with van der Waals surface area (Å²) in [7, 11) is 1.64. The fourth-order valence-corrected chi connectivity index (χ4v) is 1.46. The van der Waals surface area contributed by atoms with E-state index in [-0.39, 0.29) is 0 Å². The first-order chi connectivity index (χ1) is 6.35. The van der Waals surface area contributed by atoms with Crippen molar-refractivity contribution in [3.05, 3.63) is 24.5 Å². The number of halogens is 1. The van der Waals surface area contributed by atoms with Crippen molar-refractivity contribution in [1.82, 2.24) is 9.55 Å². The number of nitrogens with zero attached hydrogens (tertiary/aromatic N) is 2. The Labute approximate surface area is 80.9 Å². The number of imidazole rings is 1. The molecule has 1 heterocycles. The molecule has 3 nitrogen and oxygen atoms in total. The highest BCUT2D eigenvalue weighted by molar-refractivity contribution is 6.15. The molecule has 0 atom stereocenters. The average molecular weight is 197 g/mol. The van der Waals surface area contributed by atoms with Crippen molar-refractivity contribution < 1.29 is 4.74 Å². The SMILES string of the molecule is COc1ccc2c(c1)ncn2CCl. The number of benzene rings is 1. The van der Waals surface area contributed by atoms with Gasteiger partial charge in [-0.2, -0.15) is 0 Å². The summed E-state index contributed by atoms with van der Waals surface area (Å²) in [5.74, 6) is 0.812. The molecule has 0 radical (unpaired) electrons. The second-order valence-electron chi connectivity index (χ2n) is 2.69. The Morgan fingerprint density at radius 2 is 2.38 bits per heavy atom. The number of hydrogen-bond donors (Lipinski definition) is 0. The van der Waals surface area contributed by atoms with Gasteiger partial charge in [0, 0.05) is 6.07 Å². The molecule has 0 aliphatic carbocycles. The van der Waals surface area contributed by atoms with Gasteiger partial charge in [0.2, 0.25) is 0 Å². The molecule has 0 saturated carbocycles. The summed E-state index contributed by atoms with van der Waals surface area (Å²) in [4.78, 5) is 4.20. The first-order valence-corrected chi connectivity index (χ1v) is 4.43. The van der Waals surface area contributed by atoms with Crippen LogP contribution in [0.2, 0.25) is 0 Å². The Kier molecular flexibility index (Phi) is 2.10. The molecular formula is C9H9ClN2O. The summed E-state index contributed by atoms with van der Waals surface area (Å²) in [6.07, 6.45) is 1.72. The maximum absolute atomic E-state index is 5.71. The highest BCUT2D eigenvalue weighted by Gasteiger charge is 2.01. The average Bonchev–Trinajstić information content (AvgIpc) is 2.59. The van der Waals surface area contributed by atoms with Gasteiger partial charge < -0.3 is 9.30 Å². The van der Waals surface area contributed by atoms with Crippen molar-refractivity contribution in [2.24, 2.45) is 0 Å². The lowest BCUT2D eigenvalue weighted by molar-refractivity contribution is 0.415. The van der Waals surface area contributed by atoms with E-state index >= 15 is 0 Å². The van der Waals surface area contributed by atoms with Crippen LogP contribution in [0.5, 0.6) is 5.75 Å². The Bertz CT molecular complexity index is 424. The van der Waals surface area contributed by atoms with Gasteiger partial charge in [-0.05, 0) is 12.1 Å².